The summed E-state index contributed by atoms with van der Waals surface area (Å²) in [4.78, 5) is 12.1. The van der Waals surface area contributed by atoms with Gasteiger partial charge in [0.15, 0.2) is 0 Å². The molecule has 3 rings (SSSR count). The number of hydrogen-bond acceptors (Lipinski definition) is 3. The van der Waals surface area contributed by atoms with Crippen molar-refractivity contribution < 1.29 is 9.53 Å². The molecule has 1 unspecified atom stereocenters. The van der Waals surface area contributed by atoms with Gasteiger partial charge in [-0.1, -0.05) is 43.2 Å². The van der Waals surface area contributed by atoms with E-state index in [1.54, 1.807) is 0 Å². The Labute approximate surface area is 114 Å². The Balaban J connectivity index is 1.51. The van der Waals surface area contributed by atoms with Crippen molar-refractivity contribution in [1.29, 1.82) is 0 Å². The Morgan fingerprint density at radius 3 is 2.79 bits per heavy atom. The van der Waals surface area contributed by atoms with Crippen LogP contribution in [0.4, 0.5) is 0 Å². The molecule has 2 aliphatic rings. The highest BCUT2D eigenvalue weighted by atomic mass is 16.5. The van der Waals surface area contributed by atoms with Gasteiger partial charge in [0.05, 0.1) is 0 Å². The largest absolute Gasteiger partial charge is 0.460 e. The molecular weight excluding hydrogens is 238 g/mol. The summed E-state index contributed by atoms with van der Waals surface area (Å²) < 4.78 is 5.42. The molecule has 3 heteroatoms. The summed E-state index contributed by atoms with van der Waals surface area (Å²) in [5.41, 5.74) is 1.05. The minimum absolute atomic E-state index is 0.0850. The molecule has 1 aromatic carbocycles. The lowest BCUT2D eigenvalue weighted by atomic mass is 9.85. The predicted molar refractivity (Wildman–Crippen MR) is 73.5 cm³/mol. The fourth-order valence-electron chi connectivity index (χ4n) is 3.33. The number of fused-ring (bicyclic) bond motifs is 1. The highest BCUT2D eigenvalue weighted by Gasteiger charge is 2.38. The summed E-state index contributed by atoms with van der Waals surface area (Å²) >= 11 is 0. The third kappa shape index (κ3) is 2.98. The lowest BCUT2D eigenvalue weighted by Gasteiger charge is -2.24. The van der Waals surface area contributed by atoms with Crippen LogP contribution in [0.25, 0.3) is 0 Å². The summed E-state index contributed by atoms with van der Waals surface area (Å²) in [6.45, 7) is 0.382. The first-order valence-corrected chi connectivity index (χ1v) is 7.29. The Bertz CT molecular complexity index is 418. The summed E-state index contributed by atoms with van der Waals surface area (Å²) in [6.07, 6.45) is 6.04. The van der Waals surface area contributed by atoms with Gasteiger partial charge in [0.2, 0.25) is 0 Å². The van der Waals surface area contributed by atoms with E-state index in [1.807, 2.05) is 30.3 Å². The smallest absolute Gasteiger partial charge is 0.323 e. The molecule has 1 saturated heterocycles. The van der Waals surface area contributed by atoms with Gasteiger partial charge in [0, 0.05) is 6.04 Å². The van der Waals surface area contributed by atoms with E-state index in [4.69, 9.17) is 4.74 Å². The average Bonchev–Trinajstić information content (AvgIpc) is 2.90. The molecule has 1 aromatic rings. The maximum absolute atomic E-state index is 12.1. The number of hydrogen-bond donors (Lipinski definition) is 1. The van der Waals surface area contributed by atoms with E-state index in [1.165, 1.54) is 25.7 Å². The van der Waals surface area contributed by atoms with Crippen molar-refractivity contribution in [2.75, 3.05) is 0 Å². The van der Waals surface area contributed by atoms with Crippen LogP contribution in [0.2, 0.25) is 0 Å². The number of esters is 1. The molecule has 1 aliphatic carbocycles. The van der Waals surface area contributed by atoms with Gasteiger partial charge in [-0.3, -0.25) is 4.79 Å². The Hall–Kier alpha value is -1.35. The second kappa shape index (κ2) is 5.74. The number of ether oxygens (including phenoxy) is 1. The number of carbonyl (C=O) groups excluding carboxylic acids is 1. The molecule has 1 saturated carbocycles. The van der Waals surface area contributed by atoms with E-state index in [9.17, 15) is 4.79 Å². The third-order valence-corrected chi connectivity index (χ3v) is 4.37. The molecule has 19 heavy (non-hydrogen) atoms. The molecule has 0 bridgehead atoms. The Morgan fingerprint density at radius 1 is 1.21 bits per heavy atom. The molecule has 0 amide bonds. The van der Waals surface area contributed by atoms with Gasteiger partial charge in [-0.05, 0) is 30.7 Å². The van der Waals surface area contributed by atoms with Crippen LogP contribution in [-0.4, -0.2) is 18.1 Å². The van der Waals surface area contributed by atoms with E-state index in [0.29, 0.717) is 18.6 Å². The lowest BCUT2D eigenvalue weighted by Crippen LogP contribution is -2.37. The molecule has 1 N–H and O–H groups in total. The standard InChI is InChI=1S/C16H21NO2/c18-16(19-11-12-6-2-1-3-7-12)15-10-13-8-4-5-9-14(13)17-15/h1-3,6-7,13-15,17H,4-5,8-11H2/t13-,14+,15?/m1/s1. The zero-order chi connectivity index (χ0) is 13.1. The van der Waals surface area contributed by atoms with E-state index in [2.05, 4.69) is 5.32 Å². The van der Waals surface area contributed by atoms with Crippen LogP contribution in [0.5, 0.6) is 0 Å². The molecule has 3 atom stereocenters. The van der Waals surface area contributed by atoms with E-state index >= 15 is 0 Å². The van der Waals surface area contributed by atoms with Gasteiger partial charge < -0.3 is 10.1 Å². The number of rotatable bonds is 3. The fourth-order valence-corrected chi connectivity index (χ4v) is 3.33. The number of nitrogens with one attached hydrogen (secondary N) is 1. The van der Waals surface area contributed by atoms with Crippen LogP contribution in [-0.2, 0) is 16.1 Å². The summed E-state index contributed by atoms with van der Waals surface area (Å²) in [5.74, 6) is 0.598. The van der Waals surface area contributed by atoms with E-state index < -0.39 is 0 Å². The highest BCUT2D eigenvalue weighted by Crippen LogP contribution is 2.33. The lowest BCUT2D eigenvalue weighted by molar-refractivity contribution is -0.147. The van der Waals surface area contributed by atoms with Gasteiger partial charge in [0.1, 0.15) is 12.6 Å². The topological polar surface area (TPSA) is 38.3 Å². The Kier molecular flexibility index (Phi) is 3.83. The van der Waals surface area contributed by atoms with Crippen molar-refractivity contribution in [2.24, 2.45) is 5.92 Å². The van der Waals surface area contributed by atoms with Gasteiger partial charge in [-0.2, -0.15) is 0 Å². The van der Waals surface area contributed by atoms with Crippen LogP contribution in [0.1, 0.15) is 37.7 Å². The van der Waals surface area contributed by atoms with Crippen molar-refractivity contribution >= 4 is 5.97 Å². The first-order chi connectivity index (χ1) is 9.33. The molecule has 2 fully saturated rings. The summed E-state index contributed by atoms with van der Waals surface area (Å²) in [5, 5.41) is 3.45. The van der Waals surface area contributed by atoms with Gasteiger partial charge in [-0.25, -0.2) is 0 Å². The summed E-state index contributed by atoms with van der Waals surface area (Å²) in [7, 11) is 0. The second-order valence-electron chi connectivity index (χ2n) is 5.70. The van der Waals surface area contributed by atoms with Crippen molar-refractivity contribution in [2.45, 2.75) is 50.8 Å². The van der Waals surface area contributed by atoms with Gasteiger partial charge in [-0.15, -0.1) is 0 Å². The third-order valence-electron chi connectivity index (χ3n) is 4.37. The molecule has 3 nitrogen and oxygen atoms in total. The van der Waals surface area contributed by atoms with Crippen molar-refractivity contribution in [3.05, 3.63) is 35.9 Å². The minimum atomic E-state index is -0.0863. The first-order valence-electron chi connectivity index (χ1n) is 7.29. The minimum Gasteiger partial charge on any atom is -0.460 e. The average molecular weight is 259 g/mol. The summed E-state index contributed by atoms with van der Waals surface area (Å²) in [6, 6.07) is 10.3. The van der Waals surface area contributed by atoms with Crippen LogP contribution in [0.15, 0.2) is 30.3 Å². The molecule has 0 radical (unpaired) electrons. The van der Waals surface area contributed by atoms with Crippen LogP contribution >= 0.6 is 0 Å². The maximum atomic E-state index is 12.1. The first kappa shape index (κ1) is 12.7. The zero-order valence-corrected chi connectivity index (χ0v) is 11.2. The molecular formula is C16H21NO2. The van der Waals surface area contributed by atoms with E-state index in [0.717, 1.165) is 12.0 Å². The zero-order valence-electron chi connectivity index (χ0n) is 11.2. The normalized spacial score (nSPS) is 29.8. The van der Waals surface area contributed by atoms with E-state index in [-0.39, 0.29) is 12.0 Å². The fraction of sp³-hybridized carbons (Fsp3) is 0.562. The van der Waals surface area contributed by atoms with Crippen molar-refractivity contribution in [3.63, 3.8) is 0 Å². The van der Waals surface area contributed by atoms with Crippen LogP contribution < -0.4 is 5.32 Å². The van der Waals surface area contributed by atoms with Gasteiger partial charge >= 0.3 is 5.97 Å². The molecule has 0 aromatic heterocycles. The molecule has 1 aliphatic heterocycles. The monoisotopic (exact) mass is 259 g/mol. The van der Waals surface area contributed by atoms with Crippen LogP contribution in [0.3, 0.4) is 0 Å². The molecule has 0 spiro atoms. The van der Waals surface area contributed by atoms with Crippen LogP contribution in [0, 0.1) is 5.92 Å². The Morgan fingerprint density at radius 2 is 2.00 bits per heavy atom. The van der Waals surface area contributed by atoms with Crippen molar-refractivity contribution in [3.8, 4) is 0 Å². The number of benzene rings is 1. The maximum Gasteiger partial charge on any atom is 0.323 e. The SMILES string of the molecule is O=C(OCc1ccccc1)C1C[C@H]2CCCC[C@@H]2N1. The highest BCUT2D eigenvalue weighted by molar-refractivity contribution is 5.76. The quantitative estimate of drug-likeness (QED) is 0.848. The number of carbonyl (C=O) groups is 1. The van der Waals surface area contributed by atoms with Crippen molar-refractivity contribution in [1.82, 2.24) is 5.32 Å². The van der Waals surface area contributed by atoms with Gasteiger partial charge in [0.25, 0.3) is 0 Å². The molecule has 1 heterocycles. The second-order valence-corrected chi connectivity index (χ2v) is 5.70. The predicted octanol–water partition coefficient (Wildman–Crippen LogP) is 2.65. The molecule has 102 valence electrons.